The maximum atomic E-state index is 12.9. The fourth-order valence-corrected chi connectivity index (χ4v) is 3.80. The highest BCUT2D eigenvalue weighted by molar-refractivity contribution is 6.30. The van der Waals surface area contributed by atoms with Crippen LogP contribution in [0, 0.1) is 0 Å². The Morgan fingerprint density at radius 3 is 2.72 bits per heavy atom. The molecule has 1 aliphatic heterocycles. The van der Waals surface area contributed by atoms with Crippen molar-refractivity contribution in [1.82, 2.24) is 19.9 Å². The summed E-state index contributed by atoms with van der Waals surface area (Å²) in [5.74, 6) is 1.74. The molecule has 1 aliphatic rings. The Bertz CT molecular complexity index is 1020. The van der Waals surface area contributed by atoms with Gasteiger partial charge in [-0.25, -0.2) is 0 Å². The van der Waals surface area contributed by atoms with Crippen LogP contribution in [0.3, 0.4) is 0 Å². The van der Waals surface area contributed by atoms with Crippen LogP contribution >= 0.6 is 24.0 Å². The number of nitrogens with zero attached hydrogens (tertiary/aromatic N) is 4. The smallest absolute Gasteiger partial charge is 0.263 e. The molecule has 1 amide bonds. The predicted molar refractivity (Wildman–Crippen MR) is 125 cm³/mol. The number of amides is 1. The Labute approximate surface area is 198 Å². The first-order valence-corrected chi connectivity index (χ1v) is 10.8. The number of benzene rings is 2. The minimum Gasteiger partial charge on any atom is -0.481 e. The zero-order valence-electron chi connectivity index (χ0n) is 17.8. The van der Waals surface area contributed by atoms with Crippen LogP contribution in [0.15, 0.2) is 59.1 Å². The van der Waals surface area contributed by atoms with Gasteiger partial charge >= 0.3 is 0 Å². The first kappa shape index (κ1) is 24.0. The van der Waals surface area contributed by atoms with Crippen molar-refractivity contribution in [1.29, 1.82) is 0 Å². The first-order chi connectivity index (χ1) is 15.1. The average molecular weight is 477 g/mol. The van der Waals surface area contributed by atoms with Crippen molar-refractivity contribution in [2.75, 3.05) is 26.2 Å². The summed E-state index contributed by atoms with van der Waals surface area (Å²) in [6.45, 7) is 5.29. The molecule has 0 radical (unpaired) electrons. The Hall–Kier alpha value is -2.61. The molecule has 1 aromatic heterocycles. The number of aromatic nitrogens is 2. The molecular weight excluding hydrogens is 451 g/mol. The van der Waals surface area contributed by atoms with E-state index >= 15 is 0 Å². The number of rotatable bonds is 6. The highest BCUT2D eigenvalue weighted by Gasteiger charge is 2.25. The summed E-state index contributed by atoms with van der Waals surface area (Å²) < 4.78 is 11.2. The standard InChI is InChI=1S/C23H25ClN4O3.ClH/c1-17(30-20-10-5-9-19(24)15-20)23(29)28-12-6-11-27(13-14-28)16-21-25-22(31-26-21)18-7-3-2-4-8-18;/h2-5,7-10,15,17H,6,11-14,16H2,1H3;1H. The molecule has 0 aliphatic carbocycles. The summed E-state index contributed by atoms with van der Waals surface area (Å²) in [5, 5.41) is 4.70. The number of hydrogen-bond donors (Lipinski definition) is 0. The second kappa shape index (κ2) is 11.3. The van der Waals surface area contributed by atoms with Gasteiger partial charge in [-0.15, -0.1) is 12.4 Å². The molecule has 1 saturated heterocycles. The second-order valence-corrected chi connectivity index (χ2v) is 7.99. The van der Waals surface area contributed by atoms with Crippen molar-refractivity contribution >= 4 is 29.9 Å². The van der Waals surface area contributed by atoms with Crippen LogP contribution in [0.2, 0.25) is 5.02 Å². The average Bonchev–Trinajstić information content (AvgIpc) is 3.12. The van der Waals surface area contributed by atoms with E-state index < -0.39 is 6.10 Å². The van der Waals surface area contributed by atoms with E-state index in [1.165, 1.54) is 0 Å². The second-order valence-electron chi connectivity index (χ2n) is 7.55. The van der Waals surface area contributed by atoms with Gasteiger partial charge < -0.3 is 14.2 Å². The lowest BCUT2D eigenvalue weighted by molar-refractivity contribution is -0.137. The summed E-state index contributed by atoms with van der Waals surface area (Å²) in [4.78, 5) is 21.5. The molecule has 0 spiro atoms. The number of carbonyl (C=O) groups is 1. The van der Waals surface area contributed by atoms with Crippen LogP contribution in [-0.4, -0.2) is 58.1 Å². The number of halogens is 2. The molecule has 170 valence electrons. The fraction of sp³-hybridized carbons (Fsp3) is 0.348. The Kier molecular flexibility index (Phi) is 8.50. The van der Waals surface area contributed by atoms with Crippen LogP contribution in [-0.2, 0) is 11.3 Å². The number of ether oxygens (including phenoxy) is 1. The van der Waals surface area contributed by atoms with Crippen molar-refractivity contribution in [3.05, 3.63) is 65.4 Å². The highest BCUT2D eigenvalue weighted by atomic mass is 35.5. The zero-order chi connectivity index (χ0) is 21.6. The summed E-state index contributed by atoms with van der Waals surface area (Å²) >= 11 is 6.00. The van der Waals surface area contributed by atoms with Crippen LogP contribution in [0.5, 0.6) is 5.75 Å². The SMILES string of the molecule is CC(Oc1cccc(Cl)c1)C(=O)N1CCCN(Cc2noc(-c3ccccc3)n2)CC1.Cl. The van der Waals surface area contributed by atoms with Crippen LogP contribution in [0.4, 0.5) is 0 Å². The minimum atomic E-state index is -0.573. The molecule has 9 heteroatoms. The summed E-state index contributed by atoms with van der Waals surface area (Å²) in [7, 11) is 0. The van der Waals surface area contributed by atoms with Gasteiger partial charge in [0.1, 0.15) is 5.75 Å². The molecule has 2 aromatic carbocycles. The lowest BCUT2D eigenvalue weighted by Gasteiger charge is -2.25. The van der Waals surface area contributed by atoms with Gasteiger partial charge in [-0.2, -0.15) is 4.98 Å². The number of hydrogen-bond acceptors (Lipinski definition) is 6. The molecule has 32 heavy (non-hydrogen) atoms. The van der Waals surface area contributed by atoms with Gasteiger partial charge in [0.25, 0.3) is 11.8 Å². The van der Waals surface area contributed by atoms with E-state index in [9.17, 15) is 4.79 Å². The highest BCUT2D eigenvalue weighted by Crippen LogP contribution is 2.20. The van der Waals surface area contributed by atoms with Crippen LogP contribution in [0.1, 0.15) is 19.2 Å². The van der Waals surface area contributed by atoms with Crippen molar-refractivity contribution in [3.8, 4) is 17.2 Å². The quantitative estimate of drug-likeness (QED) is 0.527. The van der Waals surface area contributed by atoms with Crippen molar-refractivity contribution in [3.63, 3.8) is 0 Å². The largest absolute Gasteiger partial charge is 0.481 e. The molecule has 2 heterocycles. The van der Waals surface area contributed by atoms with E-state index in [0.29, 0.717) is 42.1 Å². The molecule has 0 bridgehead atoms. The van der Waals surface area contributed by atoms with E-state index in [1.807, 2.05) is 35.2 Å². The minimum absolute atomic E-state index is 0. The van der Waals surface area contributed by atoms with Crippen molar-refractivity contribution in [2.45, 2.75) is 26.0 Å². The summed E-state index contributed by atoms with van der Waals surface area (Å²) in [6.07, 6.45) is 0.301. The van der Waals surface area contributed by atoms with Gasteiger partial charge in [-0.05, 0) is 43.7 Å². The molecule has 1 atom stereocenters. The summed E-state index contributed by atoms with van der Waals surface area (Å²) in [6, 6.07) is 16.8. The molecule has 0 N–H and O–H groups in total. The zero-order valence-corrected chi connectivity index (χ0v) is 19.4. The van der Waals surface area contributed by atoms with E-state index in [-0.39, 0.29) is 18.3 Å². The Morgan fingerprint density at radius 2 is 1.94 bits per heavy atom. The third-order valence-electron chi connectivity index (χ3n) is 5.21. The molecular formula is C23H26Cl2N4O3. The monoisotopic (exact) mass is 476 g/mol. The third kappa shape index (κ3) is 6.22. The molecule has 0 saturated carbocycles. The molecule has 7 nitrogen and oxygen atoms in total. The maximum absolute atomic E-state index is 12.9. The predicted octanol–water partition coefficient (Wildman–Crippen LogP) is 4.31. The van der Waals surface area contributed by atoms with Gasteiger partial charge in [0.2, 0.25) is 0 Å². The van der Waals surface area contributed by atoms with Gasteiger partial charge in [-0.3, -0.25) is 9.69 Å². The Balaban J connectivity index is 0.00000289. The molecule has 3 aromatic rings. The van der Waals surface area contributed by atoms with Crippen LogP contribution in [0.25, 0.3) is 11.5 Å². The Morgan fingerprint density at radius 1 is 1.12 bits per heavy atom. The topological polar surface area (TPSA) is 71.7 Å². The van der Waals surface area contributed by atoms with Crippen LogP contribution < -0.4 is 4.74 Å². The lowest BCUT2D eigenvalue weighted by Crippen LogP contribution is -2.42. The van der Waals surface area contributed by atoms with E-state index in [4.69, 9.17) is 20.9 Å². The number of carbonyl (C=O) groups excluding carboxylic acids is 1. The normalized spacial score (nSPS) is 15.5. The van der Waals surface area contributed by atoms with Gasteiger partial charge in [0, 0.05) is 36.8 Å². The van der Waals surface area contributed by atoms with E-state index in [0.717, 1.165) is 25.1 Å². The molecule has 1 unspecified atom stereocenters. The first-order valence-electron chi connectivity index (χ1n) is 10.4. The lowest BCUT2D eigenvalue weighted by atomic mass is 10.2. The van der Waals surface area contributed by atoms with Gasteiger partial charge in [0.15, 0.2) is 11.9 Å². The molecule has 1 fully saturated rings. The third-order valence-corrected chi connectivity index (χ3v) is 5.45. The summed E-state index contributed by atoms with van der Waals surface area (Å²) in [5.41, 5.74) is 0.905. The molecule has 4 rings (SSSR count). The fourth-order valence-electron chi connectivity index (χ4n) is 3.62. The van der Waals surface area contributed by atoms with Gasteiger partial charge in [-0.1, -0.05) is 41.0 Å². The van der Waals surface area contributed by atoms with E-state index in [1.54, 1.807) is 31.2 Å². The maximum Gasteiger partial charge on any atom is 0.263 e. The van der Waals surface area contributed by atoms with Gasteiger partial charge in [0.05, 0.1) is 6.54 Å². The van der Waals surface area contributed by atoms with Crippen molar-refractivity contribution in [2.24, 2.45) is 0 Å². The van der Waals surface area contributed by atoms with Crippen molar-refractivity contribution < 1.29 is 14.1 Å². The van der Waals surface area contributed by atoms with E-state index in [2.05, 4.69) is 15.0 Å².